The lowest BCUT2D eigenvalue weighted by Gasteiger charge is -2.12. The number of ketones is 1. The molecule has 0 N–H and O–H groups in total. The van der Waals surface area contributed by atoms with Crippen LogP contribution in [0.3, 0.4) is 0 Å². The number of hydrogen-bond donors (Lipinski definition) is 0. The molecule has 4 heteroatoms. The van der Waals surface area contributed by atoms with E-state index in [0.29, 0.717) is 12.2 Å². The van der Waals surface area contributed by atoms with E-state index >= 15 is 0 Å². The van der Waals surface area contributed by atoms with E-state index in [9.17, 15) is 9.59 Å². The molecule has 0 fully saturated rings. The first-order valence-corrected chi connectivity index (χ1v) is 7.50. The summed E-state index contributed by atoms with van der Waals surface area (Å²) in [6.07, 6.45) is 0. The molecule has 2 rings (SSSR count). The van der Waals surface area contributed by atoms with Gasteiger partial charge in [0.25, 0.3) is 5.56 Å². The number of carbonyl (C=O) groups excluding carboxylic acids is 1. The lowest BCUT2D eigenvalue weighted by atomic mass is 10.0. The average molecular weight is 298 g/mol. The van der Waals surface area contributed by atoms with Crippen LogP contribution >= 0.6 is 0 Å². The molecule has 1 aromatic heterocycles. The molecule has 0 atom stereocenters. The van der Waals surface area contributed by atoms with E-state index in [4.69, 9.17) is 0 Å². The molecule has 1 aromatic carbocycles. The second kappa shape index (κ2) is 6.26. The Morgan fingerprint density at radius 1 is 1.18 bits per heavy atom. The molecule has 0 aliphatic rings. The van der Waals surface area contributed by atoms with Gasteiger partial charge < -0.3 is 0 Å². The van der Waals surface area contributed by atoms with E-state index < -0.39 is 0 Å². The van der Waals surface area contributed by atoms with Gasteiger partial charge in [-0.25, -0.2) is 4.68 Å². The minimum absolute atomic E-state index is 0.198. The minimum Gasteiger partial charge on any atom is -0.294 e. The summed E-state index contributed by atoms with van der Waals surface area (Å²) < 4.78 is 1.41. The molecule has 0 aliphatic heterocycles. The SMILES string of the molecule is CC(=O)c1cc(-c2ccc(C)c(C)c2)nn(CC(C)C)c1=O. The fraction of sp³-hybridized carbons (Fsp3) is 0.389. The largest absolute Gasteiger partial charge is 0.294 e. The standard InChI is InChI=1S/C18H22N2O2/c1-11(2)10-20-18(22)16(14(5)21)9-17(19-20)15-7-6-12(3)13(4)8-15/h6-9,11H,10H2,1-5H3. The van der Waals surface area contributed by atoms with E-state index in [1.54, 1.807) is 6.07 Å². The number of aromatic nitrogens is 2. The van der Waals surface area contributed by atoms with Crippen LogP contribution in [0, 0.1) is 19.8 Å². The zero-order chi connectivity index (χ0) is 16.4. The Kier molecular flexibility index (Phi) is 4.59. The molecule has 4 nitrogen and oxygen atoms in total. The van der Waals surface area contributed by atoms with Gasteiger partial charge in [0, 0.05) is 12.1 Å². The Bertz CT molecular complexity index is 773. The number of aryl methyl sites for hydroxylation is 2. The Labute approximate surface area is 130 Å². The summed E-state index contributed by atoms with van der Waals surface area (Å²) in [4.78, 5) is 24.1. The second-order valence-corrected chi connectivity index (χ2v) is 6.18. The number of nitrogens with zero attached hydrogens (tertiary/aromatic N) is 2. The normalized spacial score (nSPS) is 11.0. The maximum atomic E-state index is 12.3. The summed E-state index contributed by atoms with van der Waals surface area (Å²) in [7, 11) is 0. The topological polar surface area (TPSA) is 52.0 Å². The van der Waals surface area contributed by atoms with Crippen molar-refractivity contribution in [3.8, 4) is 11.3 Å². The predicted octanol–water partition coefficient (Wildman–Crippen LogP) is 3.39. The highest BCUT2D eigenvalue weighted by atomic mass is 16.1. The molecule has 0 aliphatic carbocycles. The van der Waals surface area contributed by atoms with Crippen molar-refractivity contribution in [3.63, 3.8) is 0 Å². The number of Topliss-reactive ketones (excluding diaryl/α,β-unsaturated/α-hetero) is 1. The Morgan fingerprint density at radius 2 is 1.86 bits per heavy atom. The third-order valence-corrected chi connectivity index (χ3v) is 3.69. The summed E-state index contributed by atoms with van der Waals surface area (Å²) in [5.74, 6) is 0.0509. The highest BCUT2D eigenvalue weighted by molar-refractivity contribution is 5.94. The maximum Gasteiger partial charge on any atom is 0.277 e. The number of carbonyl (C=O) groups is 1. The van der Waals surface area contributed by atoms with Gasteiger partial charge in [0.2, 0.25) is 0 Å². The second-order valence-electron chi connectivity index (χ2n) is 6.18. The summed E-state index contributed by atoms with van der Waals surface area (Å²) >= 11 is 0. The summed E-state index contributed by atoms with van der Waals surface area (Å²) in [5.41, 5.74) is 3.82. The van der Waals surface area contributed by atoms with Crippen molar-refractivity contribution in [1.29, 1.82) is 0 Å². The van der Waals surface area contributed by atoms with Crippen molar-refractivity contribution < 1.29 is 4.79 Å². The first kappa shape index (κ1) is 16.1. The number of benzene rings is 1. The molecule has 116 valence electrons. The fourth-order valence-electron chi connectivity index (χ4n) is 2.31. The van der Waals surface area contributed by atoms with Crippen LogP contribution in [0.5, 0.6) is 0 Å². The van der Waals surface area contributed by atoms with Crippen LogP contribution in [0.1, 0.15) is 42.3 Å². The third kappa shape index (κ3) is 3.32. The van der Waals surface area contributed by atoms with Crippen molar-refractivity contribution in [2.24, 2.45) is 5.92 Å². The molecule has 0 bridgehead atoms. The lowest BCUT2D eigenvalue weighted by Crippen LogP contribution is -2.29. The maximum absolute atomic E-state index is 12.3. The zero-order valence-electron chi connectivity index (χ0n) is 13.8. The van der Waals surface area contributed by atoms with Crippen LogP contribution in [-0.2, 0) is 6.54 Å². The predicted molar refractivity (Wildman–Crippen MR) is 88.2 cm³/mol. The molecular weight excluding hydrogens is 276 g/mol. The number of hydrogen-bond acceptors (Lipinski definition) is 3. The van der Waals surface area contributed by atoms with E-state index in [1.807, 2.05) is 45.9 Å². The van der Waals surface area contributed by atoms with Gasteiger partial charge in [0.05, 0.1) is 11.3 Å². The highest BCUT2D eigenvalue weighted by Gasteiger charge is 2.14. The summed E-state index contributed by atoms with van der Waals surface area (Å²) in [6.45, 7) is 10.0. The first-order valence-electron chi connectivity index (χ1n) is 7.50. The molecule has 0 unspecified atom stereocenters. The van der Waals surface area contributed by atoms with Crippen LogP contribution in [0.15, 0.2) is 29.1 Å². The highest BCUT2D eigenvalue weighted by Crippen LogP contribution is 2.20. The minimum atomic E-state index is -0.311. The Balaban J connectivity index is 2.65. The molecular formula is C18H22N2O2. The first-order chi connectivity index (χ1) is 10.3. The molecule has 0 radical (unpaired) electrons. The van der Waals surface area contributed by atoms with Gasteiger partial charge in [-0.1, -0.05) is 26.0 Å². The quantitative estimate of drug-likeness (QED) is 0.813. The van der Waals surface area contributed by atoms with Gasteiger partial charge in [-0.05, 0) is 49.9 Å². The molecule has 0 spiro atoms. The third-order valence-electron chi connectivity index (χ3n) is 3.69. The summed E-state index contributed by atoms with van der Waals surface area (Å²) in [5, 5.41) is 4.45. The van der Waals surface area contributed by atoms with Gasteiger partial charge >= 0.3 is 0 Å². The van der Waals surface area contributed by atoms with Crippen molar-refractivity contribution in [2.75, 3.05) is 0 Å². The summed E-state index contributed by atoms with van der Waals surface area (Å²) in [6, 6.07) is 7.63. The average Bonchev–Trinajstić information content (AvgIpc) is 2.43. The zero-order valence-corrected chi connectivity index (χ0v) is 13.8. The van der Waals surface area contributed by atoms with Crippen molar-refractivity contribution in [1.82, 2.24) is 9.78 Å². The van der Waals surface area contributed by atoms with E-state index in [0.717, 1.165) is 11.1 Å². The molecule has 0 amide bonds. The van der Waals surface area contributed by atoms with Crippen LogP contribution in [0.2, 0.25) is 0 Å². The molecule has 0 saturated heterocycles. The Morgan fingerprint density at radius 3 is 2.41 bits per heavy atom. The molecule has 22 heavy (non-hydrogen) atoms. The lowest BCUT2D eigenvalue weighted by molar-refractivity contribution is 0.101. The fourth-order valence-corrected chi connectivity index (χ4v) is 2.31. The van der Waals surface area contributed by atoms with Crippen LogP contribution in [0.4, 0.5) is 0 Å². The van der Waals surface area contributed by atoms with Crippen molar-refractivity contribution in [2.45, 2.75) is 41.2 Å². The van der Waals surface area contributed by atoms with Gasteiger partial charge in [0.15, 0.2) is 5.78 Å². The molecule has 2 aromatic rings. The van der Waals surface area contributed by atoms with Crippen molar-refractivity contribution >= 4 is 5.78 Å². The van der Waals surface area contributed by atoms with Crippen LogP contribution in [0.25, 0.3) is 11.3 Å². The number of rotatable bonds is 4. The van der Waals surface area contributed by atoms with Crippen LogP contribution < -0.4 is 5.56 Å². The molecule has 1 heterocycles. The van der Waals surface area contributed by atoms with Crippen LogP contribution in [-0.4, -0.2) is 15.6 Å². The van der Waals surface area contributed by atoms with E-state index in [-0.39, 0.29) is 22.8 Å². The van der Waals surface area contributed by atoms with Gasteiger partial charge in [-0.3, -0.25) is 9.59 Å². The smallest absolute Gasteiger partial charge is 0.277 e. The van der Waals surface area contributed by atoms with E-state index in [1.165, 1.54) is 17.2 Å². The monoisotopic (exact) mass is 298 g/mol. The van der Waals surface area contributed by atoms with Gasteiger partial charge in [0.1, 0.15) is 0 Å². The van der Waals surface area contributed by atoms with E-state index in [2.05, 4.69) is 5.10 Å². The Hall–Kier alpha value is -2.23. The van der Waals surface area contributed by atoms with Crippen molar-refractivity contribution in [3.05, 3.63) is 51.3 Å². The molecule has 0 saturated carbocycles. The van der Waals surface area contributed by atoms with Gasteiger partial charge in [-0.15, -0.1) is 0 Å². The van der Waals surface area contributed by atoms with Gasteiger partial charge in [-0.2, -0.15) is 5.10 Å².